The normalized spacial score (nSPS) is 14.9. The van der Waals surface area contributed by atoms with Crippen LogP contribution in [0.5, 0.6) is 0 Å². The Morgan fingerprint density at radius 2 is 2.41 bits per heavy atom. The smallest absolute Gasteiger partial charge is 0.251 e. The number of anilines is 1. The van der Waals surface area contributed by atoms with Crippen molar-refractivity contribution in [3.63, 3.8) is 0 Å². The molecule has 0 spiro atoms. The average Bonchev–Trinajstić information content (AvgIpc) is 2.99. The molecule has 0 radical (unpaired) electrons. The summed E-state index contributed by atoms with van der Waals surface area (Å²) in [7, 11) is 0. The number of amides is 2. The van der Waals surface area contributed by atoms with E-state index >= 15 is 0 Å². The summed E-state index contributed by atoms with van der Waals surface area (Å²) in [6, 6.07) is 5.34. The highest BCUT2D eigenvalue weighted by atomic mass is 32.2. The Balaban J connectivity index is 1.67. The van der Waals surface area contributed by atoms with Gasteiger partial charge in [0.1, 0.15) is 0 Å². The molecule has 2 N–H and O–H groups in total. The Morgan fingerprint density at radius 3 is 3.18 bits per heavy atom. The van der Waals surface area contributed by atoms with Gasteiger partial charge in [-0.25, -0.2) is 4.98 Å². The molecule has 22 heavy (non-hydrogen) atoms. The van der Waals surface area contributed by atoms with Crippen molar-refractivity contribution in [3.8, 4) is 0 Å². The number of nitrogens with zero attached hydrogens (tertiary/aromatic N) is 2. The zero-order valence-corrected chi connectivity index (χ0v) is 12.9. The van der Waals surface area contributed by atoms with Crippen LogP contribution in [0.25, 0.3) is 0 Å². The van der Waals surface area contributed by atoms with Crippen LogP contribution in [0.15, 0.2) is 41.8 Å². The first kappa shape index (κ1) is 14.6. The van der Waals surface area contributed by atoms with E-state index in [1.165, 1.54) is 11.8 Å². The summed E-state index contributed by atoms with van der Waals surface area (Å²) in [6.45, 7) is 2.59. The van der Waals surface area contributed by atoms with E-state index in [1.807, 2.05) is 23.8 Å². The van der Waals surface area contributed by atoms with Crippen LogP contribution in [0.3, 0.4) is 0 Å². The maximum absolute atomic E-state index is 12.3. The molecule has 1 aliphatic rings. The highest BCUT2D eigenvalue weighted by Crippen LogP contribution is 2.31. The molecule has 0 fully saturated rings. The Bertz CT molecular complexity index is 700. The van der Waals surface area contributed by atoms with Gasteiger partial charge in [-0.2, -0.15) is 0 Å². The lowest BCUT2D eigenvalue weighted by atomic mass is 10.1. The lowest BCUT2D eigenvalue weighted by Gasteiger charge is -2.18. The number of rotatable bonds is 4. The molecule has 0 aliphatic carbocycles. The van der Waals surface area contributed by atoms with Crippen LogP contribution in [-0.4, -0.2) is 33.2 Å². The molecule has 1 atom stereocenters. The summed E-state index contributed by atoms with van der Waals surface area (Å²) in [5.41, 5.74) is 1.25. The molecule has 3 rings (SSSR count). The van der Waals surface area contributed by atoms with E-state index in [0.29, 0.717) is 23.5 Å². The summed E-state index contributed by atoms with van der Waals surface area (Å²) < 4.78 is 1.91. The summed E-state index contributed by atoms with van der Waals surface area (Å²) in [6.07, 6.45) is 5.28. The number of carbonyl (C=O) groups is 2. The summed E-state index contributed by atoms with van der Waals surface area (Å²) in [5.74, 6) is 0.226. The van der Waals surface area contributed by atoms with Gasteiger partial charge in [0.15, 0.2) is 0 Å². The van der Waals surface area contributed by atoms with Gasteiger partial charge in [-0.1, -0.05) is 0 Å². The molecule has 0 saturated carbocycles. The van der Waals surface area contributed by atoms with Crippen molar-refractivity contribution in [1.82, 2.24) is 14.9 Å². The third-order valence-electron chi connectivity index (χ3n) is 3.30. The largest absolute Gasteiger partial charge is 0.348 e. The highest BCUT2D eigenvalue weighted by molar-refractivity contribution is 8.00. The van der Waals surface area contributed by atoms with Gasteiger partial charge in [0, 0.05) is 35.4 Å². The predicted molar refractivity (Wildman–Crippen MR) is 85.0 cm³/mol. The van der Waals surface area contributed by atoms with Crippen LogP contribution >= 0.6 is 11.8 Å². The summed E-state index contributed by atoms with van der Waals surface area (Å²) in [5, 5.41) is 5.74. The quantitative estimate of drug-likeness (QED) is 0.901. The minimum absolute atomic E-state index is 0.0262. The van der Waals surface area contributed by atoms with Crippen molar-refractivity contribution in [1.29, 1.82) is 0 Å². The molecule has 1 aromatic heterocycles. The fourth-order valence-electron chi connectivity index (χ4n) is 2.29. The number of aromatic nitrogens is 2. The van der Waals surface area contributed by atoms with Crippen molar-refractivity contribution >= 4 is 29.3 Å². The van der Waals surface area contributed by atoms with Gasteiger partial charge in [-0.15, -0.1) is 11.8 Å². The molecule has 7 heteroatoms. The second-order valence-corrected chi connectivity index (χ2v) is 6.20. The number of imidazole rings is 1. The molecule has 1 aromatic carbocycles. The van der Waals surface area contributed by atoms with Gasteiger partial charge in [-0.3, -0.25) is 9.59 Å². The Hall–Kier alpha value is -2.28. The van der Waals surface area contributed by atoms with Crippen LogP contribution in [0.4, 0.5) is 5.69 Å². The SMILES string of the molecule is CC(Cn1ccnc1)NC(=O)c1ccc2c(c1)NC(=O)CS2. The van der Waals surface area contributed by atoms with E-state index in [4.69, 9.17) is 0 Å². The number of thioether (sulfide) groups is 1. The van der Waals surface area contributed by atoms with E-state index in [-0.39, 0.29) is 17.9 Å². The molecular formula is C15H16N4O2S. The number of hydrogen-bond acceptors (Lipinski definition) is 4. The minimum Gasteiger partial charge on any atom is -0.348 e. The van der Waals surface area contributed by atoms with Crippen molar-refractivity contribution in [2.24, 2.45) is 0 Å². The van der Waals surface area contributed by atoms with E-state index in [0.717, 1.165) is 4.90 Å². The zero-order valence-electron chi connectivity index (χ0n) is 12.1. The molecule has 1 aliphatic heterocycles. The maximum atomic E-state index is 12.3. The van der Waals surface area contributed by atoms with Crippen LogP contribution < -0.4 is 10.6 Å². The predicted octanol–water partition coefficient (Wildman–Crippen LogP) is 1.75. The van der Waals surface area contributed by atoms with Gasteiger partial charge >= 0.3 is 0 Å². The van der Waals surface area contributed by atoms with Gasteiger partial charge in [0.05, 0.1) is 17.8 Å². The van der Waals surface area contributed by atoms with Gasteiger partial charge in [0.2, 0.25) is 5.91 Å². The number of fused-ring (bicyclic) bond motifs is 1. The first-order valence-electron chi connectivity index (χ1n) is 6.95. The molecule has 6 nitrogen and oxygen atoms in total. The van der Waals surface area contributed by atoms with Gasteiger partial charge in [-0.05, 0) is 25.1 Å². The third kappa shape index (κ3) is 3.30. The van der Waals surface area contributed by atoms with Crippen molar-refractivity contribution < 1.29 is 9.59 Å². The first-order chi connectivity index (χ1) is 10.6. The molecule has 1 unspecified atom stereocenters. The fourth-order valence-corrected chi connectivity index (χ4v) is 3.08. The topological polar surface area (TPSA) is 76.0 Å². The van der Waals surface area contributed by atoms with E-state index in [9.17, 15) is 9.59 Å². The molecule has 114 valence electrons. The number of nitrogens with one attached hydrogen (secondary N) is 2. The lowest BCUT2D eigenvalue weighted by Crippen LogP contribution is -2.35. The summed E-state index contributed by atoms with van der Waals surface area (Å²) in [4.78, 5) is 28.7. The lowest BCUT2D eigenvalue weighted by molar-refractivity contribution is -0.113. The van der Waals surface area contributed by atoms with E-state index in [2.05, 4.69) is 15.6 Å². The third-order valence-corrected chi connectivity index (χ3v) is 4.37. The molecule has 0 bridgehead atoms. The molecular weight excluding hydrogens is 300 g/mol. The number of benzene rings is 1. The van der Waals surface area contributed by atoms with Crippen LogP contribution in [0.2, 0.25) is 0 Å². The fraction of sp³-hybridized carbons (Fsp3) is 0.267. The molecule has 0 saturated heterocycles. The molecule has 2 amide bonds. The summed E-state index contributed by atoms with van der Waals surface area (Å²) >= 11 is 1.48. The average molecular weight is 316 g/mol. The number of hydrogen-bond donors (Lipinski definition) is 2. The van der Waals surface area contributed by atoms with Gasteiger partial charge < -0.3 is 15.2 Å². The van der Waals surface area contributed by atoms with Crippen molar-refractivity contribution in [3.05, 3.63) is 42.5 Å². The van der Waals surface area contributed by atoms with Crippen LogP contribution in [0, 0.1) is 0 Å². The second kappa shape index (κ2) is 6.23. The Morgan fingerprint density at radius 1 is 1.55 bits per heavy atom. The second-order valence-electron chi connectivity index (χ2n) is 5.18. The van der Waals surface area contributed by atoms with E-state index < -0.39 is 0 Å². The van der Waals surface area contributed by atoms with Crippen LogP contribution in [0.1, 0.15) is 17.3 Å². The van der Waals surface area contributed by atoms with Gasteiger partial charge in [0.25, 0.3) is 5.91 Å². The maximum Gasteiger partial charge on any atom is 0.251 e. The first-order valence-corrected chi connectivity index (χ1v) is 7.93. The minimum atomic E-state index is -0.153. The Kier molecular flexibility index (Phi) is 4.15. The number of carbonyl (C=O) groups excluding carboxylic acids is 2. The van der Waals surface area contributed by atoms with Crippen molar-refractivity contribution in [2.45, 2.75) is 24.4 Å². The van der Waals surface area contributed by atoms with Crippen LogP contribution in [-0.2, 0) is 11.3 Å². The zero-order chi connectivity index (χ0) is 15.5. The highest BCUT2D eigenvalue weighted by Gasteiger charge is 2.18. The molecule has 2 heterocycles. The van der Waals surface area contributed by atoms with E-state index in [1.54, 1.807) is 24.7 Å². The monoisotopic (exact) mass is 316 g/mol. The molecule has 2 aromatic rings. The standard InChI is InChI=1S/C15H16N4O2S/c1-10(7-19-5-4-16-9-19)17-15(21)11-2-3-13-12(6-11)18-14(20)8-22-13/h2-6,9-10H,7-8H2,1H3,(H,17,21)(H,18,20). The van der Waals surface area contributed by atoms with Crippen molar-refractivity contribution in [2.75, 3.05) is 11.1 Å². The Labute approximate surface area is 132 Å².